The Morgan fingerprint density at radius 1 is 0.837 bits per heavy atom. The van der Waals surface area contributed by atoms with Gasteiger partial charge in [-0.2, -0.15) is 18.4 Å². The molecule has 0 radical (unpaired) electrons. The van der Waals surface area contributed by atoms with Crippen molar-refractivity contribution in [3.63, 3.8) is 0 Å². The Morgan fingerprint density at radius 2 is 1.43 bits per heavy atom. The van der Waals surface area contributed by atoms with Gasteiger partial charge in [0.25, 0.3) is 21.7 Å². The van der Waals surface area contributed by atoms with Crippen LogP contribution in [0.3, 0.4) is 0 Å². The van der Waals surface area contributed by atoms with Crippen molar-refractivity contribution in [2.45, 2.75) is 42.4 Å². The number of nitriles is 1. The number of nitrogens with one attached hydrogen (secondary N) is 1. The third kappa shape index (κ3) is 7.80. The second-order valence-corrected chi connectivity index (χ2v) is 14.3. The molecule has 0 saturated carbocycles. The van der Waals surface area contributed by atoms with Crippen LogP contribution in [0.25, 0.3) is 11.0 Å². The minimum Gasteiger partial charge on any atom is -0.451 e. The average Bonchev–Trinajstić information content (AvgIpc) is 3.53. The fourth-order valence-electron chi connectivity index (χ4n) is 6.18. The standard InChI is InChI=1S/C35H34F3N5O5S/c36-35(37,38)49(46,47)30-8-5-26(6-9-30)23-42-15-17-43(18-16-42)34(45)27-7-10-31-28(19-27)20-32(48-31)33(44)40-29-11-13-41(14-12-29)22-25-3-1-24(21-39)2-4-25/h1-10,19-20,29H,11-18,22-23H2,(H,40,44). The van der Waals surface area contributed by atoms with Crippen molar-refractivity contribution in [3.05, 3.63) is 101 Å². The molecule has 14 heteroatoms. The summed E-state index contributed by atoms with van der Waals surface area (Å²) in [5, 5.41) is 12.7. The Morgan fingerprint density at radius 3 is 2.02 bits per heavy atom. The zero-order valence-electron chi connectivity index (χ0n) is 26.4. The zero-order valence-corrected chi connectivity index (χ0v) is 27.3. The maximum absolute atomic E-state index is 13.3. The van der Waals surface area contributed by atoms with Crippen molar-refractivity contribution in [2.24, 2.45) is 0 Å². The largest absolute Gasteiger partial charge is 0.501 e. The van der Waals surface area contributed by atoms with Gasteiger partial charge in [-0.3, -0.25) is 19.4 Å². The van der Waals surface area contributed by atoms with E-state index in [1.807, 2.05) is 29.2 Å². The molecule has 6 rings (SSSR count). The van der Waals surface area contributed by atoms with Crippen molar-refractivity contribution >= 4 is 32.6 Å². The molecule has 2 aliphatic rings. The normalized spacial score (nSPS) is 16.8. The number of alkyl halides is 3. The summed E-state index contributed by atoms with van der Waals surface area (Å²) in [6.07, 6.45) is 1.60. The fourth-order valence-corrected chi connectivity index (χ4v) is 6.94. The Labute approximate surface area is 281 Å². The summed E-state index contributed by atoms with van der Waals surface area (Å²) in [6.45, 7) is 4.77. The van der Waals surface area contributed by atoms with Crippen LogP contribution >= 0.6 is 0 Å². The molecule has 3 aromatic carbocycles. The molecule has 49 heavy (non-hydrogen) atoms. The molecule has 10 nitrogen and oxygen atoms in total. The zero-order chi connectivity index (χ0) is 34.8. The number of carbonyl (C=O) groups excluding carboxylic acids is 2. The third-order valence-corrected chi connectivity index (χ3v) is 10.5. The Balaban J connectivity index is 0.983. The number of amides is 2. The van der Waals surface area contributed by atoms with Gasteiger partial charge in [-0.25, -0.2) is 8.42 Å². The van der Waals surface area contributed by atoms with E-state index < -0.39 is 20.2 Å². The molecule has 2 amide bonds. The molecule has 256 valence electrons. The van der Waals surface area contributed by atoms with Gasteiger partial charge >= 0.3 is 5.51 Å². The first kappa shape index (κ1) is 34.2. The van der Waals surface area contributed by atoms with Crippen LogP contribution in [0.4, 0.5) is 13.2 Å². The van der Waals surface area contributed by atoms with Gasteiger partial charge < -0.3 is 14.6 Å². The highest BCUT2D eigenvalue weighted by Crippen LogP contribution is 2.30. The highest BCUT2D eigenvalue weighted by molar-refractivity contribution is 7.92. The average molecular weight is 694 g/mol. The predicted molar refractivity (Wildman–Crippen MR) is 174 cm³/mol. The summed E-state index contributed by atoms with van der Waals surface area (Å²) in [5.41, 5.74) is -1.96. The van der Waals surface area contributed by atoms with Crippen molar-refractivity contribution in [1.82, 2.24) is 20.0 Å². The minimum atomic E-state index is -5.40. The lowest BCUT2D eigenvalue weighted by Crippen LogP contribution is -2.48. The molecule has 1 aromatic heterocycles. The number of rotatable bonds is 8. The van der Waals surface area contributed by atoms with Crippen LogP contribution in [0.5, 0.6) is 0 Å². The van der Waals surface area contributed by atoms with Gasteiger partial charge in [0.05, 0.1) is 16.5 Å². The summed E-state index contributed by atoms with van der Waals surface area (Å²) in [5.74, 6) is -0.289. The second-order valence-electron chi connectivity index (χ2n) is 12.4. The van der Waals surface area contributed by atoms with Crippen LogP contribution in [0.2, 0.25) is 0 Å². The van der Waals surface area contributed by atoms with E-state index in [-0.39, 0.29) is 23.6 Å². The number of halogens is 3. The van der Waals surface area contributed by atoms with Gasteiger partial charge in [0.2, 0.25) is 0 Å². The second kappa shape index (κ2) is 14.0. The number of hydrogen-bond donors (Lipinski definition) is 1. The summed E-state index contributed by atoms with van der Waals surface area (Å²) < 4.78 is 67.5. The number of piperidine rings is 1. The van der Waals surface area contributed by atoms with E-state index in [1.165, 1.54) is 12.1 Å². The number of sulfone groups is 1. The Bertz CT molecular complexity index is 1970. The number of furan rings is 1. The van der Waals surface area contributed by atoms with Gasteiger partial charge in [0.15, 0.2) is 5.76 Å². The van der Waals surface area contributed by atoms with Crippen LogP contribution < -0.4 is 5.32 Å². The molecule has 1 N–H and O–H groups in total. The molecular formula is C35H34F3N5O5S. The van der Waals surface area contributed by atoms with E-state index in [1.54, 1.807) is 29.2 Å². The van der Waals surface area contributed by atoms with Gasteiger partial charge in [-0.1, -0.05) is 24.3 Å². The van der Waals surface area contributed by atoms with E-state index in [0.29, 0.717) is 60.4 Å². The van der Waals surface area contributed by atoms with Crippen LogP contribution in [0.15, 0.2) is 82.1 Å². The monoisotopic (exact) mass is 693 g/mol. The molecule has 0 spiro atoms. The molecule has 0 unspecified atom stereocenters. The number of benzene rings is 3. The molecule has 2 aliphatic heterocycles. The molecule has 3 heterocycles. The van der Waals surface area contributed by atoms with Crippen LogP contribution in [-0.2, 0) is 22.9 Å². The number of hydrogen-bond acceptors (Lipinski definition) is 8. The smallest absolute Gasteiger partial charge is 0.451 e. The van der Waals surface area contributed by atoms with Gasteiger partial charge in [0.1, 0.15) is 5.58 Å². The predicted octanol–water partition coefficient (Wildman–Crippen LogP) is 4.95. The highest BCUT2D eigenvalue weighted by atomic mass is 32.2. The van der Waals surface area contributed by atoms with Crippen molar-refractivity contribution in [1.29, 1.82) is 5.26 Å². The molecule has 0 atom stereocenters. The highest BCUT2D eigenvalue weighted by Gasteiger charge is 2.46. The number of piperazine rings is 1. The molecule has 0 aliphatic carbocycles. The lowest BCUT2D eigenvalue weighted by molar-refractivity contribution is -0.0436. The van der Waals surface area contributed by atoms with Crippen LogP contribution in [0.1, 0.15) is 50.4 Å². The van der Waals surface area contributed by atoms with E-state index >= 15 is 0 Å². The number of nitrogens with zero attached hydrogens (tertiary/aromatic N) is 4. The Kier molecular flexibility index (Phi) is 9.78. The van der Waals surface area contributed by atoms with E-state index in [0.717, 1.165) is 50.2 Å². The molecule has 0 bridgehead atoms. The third-order valence-electron chi connectivity index (χ3n) is 9.00. The SMILES string of the molecule is N#Cc1ccc(CN2CCC(NC(=O)c3cc4cc(C(=O)N5CCN(Cc6ccc(S(=O)(=O)C(F)(F)F)cc6)CC5)ccc4o3)CC2)cc1. The molecule has 2 fully saturated rings. The minimum absolute atomic E-state index is 0.0126. The van der Waals surface area contributed by atoms with Crippen LogP contribution in [-0.4, -0.2) is 85.8 Å². The van der Waals surface area contributed by atoms with Gasteiger partial charge in [-0.05, 0) is 72.5 Å². The van der Waals surface area contributed by atoms with E-state index in [4.69, 9.17) is 9.68 Å². The topological polar surface area (TPSA) is 127 Å². The Hall–Kier alpha value is -4.71. The van der Waals surface area contributed by atoms with Crippen molar-refractivity contribution in [2.75, 3.05) is 39.3 Å². The first-order valence-corrected chi connectivity index (χ1v) is 17.4. The van der Waals surface area contributed by atoms with E-state index in [9.17, 15) is 31.2 Å². The molecular weight excluding hydrogens is 659 g/mol. The fraction of sp³-hybridized carbons (Fsp3) is 0.343. The van der Waals surface area contributed by atoms with E-state index in [2.05, 4.69) is 16.3 Å². The van der Waals surface area contributed by atoms with Crippen molar-refractivity contribution < 1.29 is 35.6 Å². The van der Waals surface area contributed by atoms with Gasteiger partial charge in [0, 0.05) is 69.3 Å². The number of likely N-dealkylation sites (tertiary alicyclic amines) is 1. The summed E-state index contributed by atoms with van der Waals surface area (Å²) in [7, 11) is -5.40. The van der Waals surface area contributed by atoms with Gasteiger partial charge in [-0.15, -0.1) is 0 Å². The molecule has 2 saturated heterocycles. The lowest BCUT2D eigenvalue weighted by Gasteiger charge is -2.34. The number of carbonyl (C=O) groups is 2. The lowest BCUT2D eigenvalue weighted by atomic mass is 10.0. The first-order valence-electron chi connectivity index (χ1n) is 15.9. The van der Waals surface area contributed by atoms with Crippen molar-refractivity contribution in [3.8, 4) is 6.07 Å². The quantitative estimate of drug-likeness (QED) is 0.275. The summed E-state index contributed by atoms with van der Waals surface area (Å²) >= 11 is 0. The summed E-state index contributed by atoms with van der Waals surface area (Å²) in [4.78, 5) is 31.7. The first-order chi connectivity index (χ1) is 23.4. The molecule has 4 aromatic rings. The maximum Gasteiger partial charge on any atom is 0.501 e. The summed E-state index contributed by atoms with van der Waals surface area (Å²) in [6, 6.07) is 21.1. The van der Waals surface area contributed by atoms with Crippen LogP contribution in [0, 0.1) is 11.3 Å². The maximum atomic E-state index is 13.3. The number of fused-ring (bicyclic) bond motifs is 1.